The van der Waals surface area contributed by atoms with Crippen LogP contribution in [0.4, 0.5) is 4.39 Å². The molecule has 0 aromatic rings. The van der Waals surface area contributed by atoms with Gasteiger partial charge in [0.05, 0.1) is 6.61 Å². The van der Waals surface area contributed by atoms with Gasteiger partial charge in [0.15, 0.2) is 5.13 Å². The fraction of sp³-hybridized carbons (Fsp3) is 0.833. The molecule has 0 aromatic carbocycles. The molecule has 2 nitrogen and oxygen atoms in total. The van der Waals surface area contributed by atoms with E-state index >= 15 is 0 Å². The Kier molecular flexibility index (Phi) is 1.86. The highest BCUT2D eigenvalue weighted by atomic mass is 35.5. The molecule has 2 atom stereocenters. The predicted octanol–water partition coefficient (Wildman–Crippen LogP) is 1.47. The molecule has 1 rings (SSSR count). The zero-order valence-electron chi connectivity index (χ0n) is 5.56. The third-order valence-corrected chi connectivity index (χ3v) is 1.81. The highest BCUT2D eigenvalue weighted by Gasteiger charge is 2.59. The van der Waals surface area contributed by atoms with E-state index in [0.29, 0.717) is 0 Å². The molecule has 0 bridgehead atoms. The SMILES string of the molecule is CCOC(=O)[C@H]1CC1(F)Cl. The molecule has 0 N–H and O–H groups in total. The number of rotatable bonds is 2. The minimum absolute atomic E-state index is 0.0907. The van der Waals surface area contributed by atoms with Crippen molar-refractivity contribution in [3.63, 3.8) is 0 Å². The van der Waals surface area contributed by atoms with Crippen LogP contribution >= 0.6 is 11.6 Å². The van der Waals surface area contributed by atoms with Gasteiger partial charge in [-0.1, -0.05) is 11.6 Å². The topological polar surface area (TPSA) is 26.3 Å². The van der Waals surface area contributed by atoms with E-state index in [9.17, 15) is 9.18 Å². The zero-order chi connectivity index (χ0) is 7.78. The molecule has 1 aliphatic carbocycles. The summed E-state index contributed by atoms with van der Waals surface area (Å²) in [6, 6.07) is 0. The van der Waals surface area contributed by atoms with Crippen LogP contribution < -0.4 is 0 Å². The van der Waals surface area contributed by atoms with Gasteiger partial charge in [0, 0.05) is 6.42 Å². The van der Waals surface area contributed by atoms with Crippen LogP contribution in [0, 0.1) is 5.92 Å². The van der Waals surface area contributed by atoms with Gasteiger partial charge in [-0.3, -0.25) is 4.79 Å². The average molecular weight is 167 g/mol. The average Bonchev–Trinajstić information content (AvgIpc) is 2.41. The largest absolute Gasteiger partial charge is 0.466 e. The minimum Gasteiger partial charge on any atom is -0.466 e. The van der Waals surface area contributed by atoms with Crippen molar-refractivity contribution in [2.45, 2.75) is 18.5 Å². The van der Waals surface area contributed by atoms with Crippen molar-refractivity contribution in [3.05, 3.63) is 0 Å². The van der Waals surface area contributed by atoms with Crippen LogP contribution in [0.5, 0.6) is 0 Å². The highest BCUT2D eigenvalue weighted by molar-refractivity contribution is 6.26. The van der Waals surface area contributed by atoms with Crippen molar-refractivity contribution in [2.24, 2.45) is 5.92 Å². The van der Waals surface area contributed by atoms with Crippen LogP contribution in [0.1, 0.15) is 13.3 Å². The van der Waals surface area contributed by atoms with Gasteiger partial charge >= 0.3 is 5.97 Å². The molecule has 10 heavy (non-hydrogen) atoms. The van der Waals surface area contributed by atoms with Crippen LogP contribution in [0.25, 0.3) is 0 Å². The summed E-state index contributed by atoms with van der Waals surface area (Å²) in [4.78, 5) is 10.7. The lowest BCUT2D eigenvalue weighted by atomic mass is 10.4. The van der Waals surface area contributed by atoms with Crippen molar-refractivity contribution in [3.8, 4) is 0 Å². The lowest BCUT2D eigenvalue weighted by molar-refractivity contribution is -0.145. The number of alkyl halides is 2. The Bertz CT molecular complexity index is 158. The Morgan fingerprint density at radius 3 is 2.80 bits per heavy atom. The fourth-order valence-electron chi connectivity index (χ4n) is 0.712. The molecule has 0 aromatic heterocycles. The lowest BCUT2D eigenvalue weighted by Crippen LogP contribution is -2.10. The van der Waals surface area contributed by atoms with Crippen LogP contribution in [0.2, 0.25) is 0 Å². The van der Waals surface area contributed by atoms with Gasteiger partial charge in [-0.2, -0.15) is 0 Å². The summed E-state index contributed by atoms with van der Waals surface area (Å²) in [7, 11) is 0. The summed E-state index contributed by atoms with van der Waals surface area (Å²) in [5, 5.41) is -1.81. The van der Waals surface area contributed by atoms with Crippen molar-refractivity contribution >= 4 is 17.6 Å². The van der Waals surface area contributed by atoms with Crippen molar-refractivity contribution < 1.29 is 13.9 Å². The van der Waals surface area contributed by atoms with E-state index in [4.69, 9.17) is 11.6 Å². The highest BCUT2D eigenvalue weighted by Crippen LogP contribution is 2.51. The molecule has 58 valence electrons. The van der Waals surface area contributed by atoms with E-state index in [0.717, 1.165) is 0 Å². The molecule has 0 aliphatic heterocycles. The second-order valence-electron chi connectivity index (χ2n) is 2.27. The molecule has 0 heterocycles. The molecule has 1 unspecified atom stereocenters. The Labute approximate surface area is 63.3 Å². The van der Waals surface area contributed by atoms with Crippen molar-refractivity contribution in [2.75, 3.05) is 6.61 Å². The first-order valence-electron chi connectivity index (χ1n) is 3.12. The first-order chi connectivity index (χ1) is 4.58. The van der Waals surface area contributed by atoms with E-state index in [-0.39, 0.29) is 13.0 Å². The number of ether oxygens (including phenoxy) is 1. The third kappa shape index (κ3) is 1.40. The predicted molar refractivity (Wildman–Crippen MR) is 34.4 cm³/mol. The fourth-order valence-corrected chi connectivity index (χ4v) is 0.955. The van der Waals surface area contributed by atoms with Crippen LogP contribution in [-0.4, -0.2) is 17.7 Å². The first kappa shape index (κ1) is 7.79. The van der Waals surface area contributed by atoms with Crippen LogP contribution in [0.3, 0.4) is 0 Å². The lowest BCUT2D eigenvalue weighted by Gasteiger charge is -1.98. The number of esters is 1. The summed E-state index contributed by atoms with van der Waals surface area (Å²) in [5.41, 5.74) is 0. The molecular formula is C6H8ClFO2. The molecule has 4 heteroatoms. The second kappa shape index (κ2) is 2.38. The Morgan fingerprint density at radius 2 is 2.50 bits per heavy atom. The normalized spacial score (nSPS) is 37.3. The summed E-state index contributed by atoms with van der Waals surface area (Å²) in [6.07, 6.45) is 0.0907. The van der Waals surface area contributed by atoms with E-state index in [1.54, 1.807) is 6.92 Å². The van der Waals surface area contributed by atoms with Gasteiger partial charge in [0.1, 0.15) is 5.92 Å². The number of carbonyl (C=O) groups is 1. The van der Waals surface area contributed by atoms with Gasteiger partial charge in [-0.05, 0) is 6.92 Å². The van der Waals surface area contributed by atoms with Crippen molar-refractivity contribution in [1.82, 2.24) is 0 Å². The molecule has 0 saturated heterocycles. The van der Waals surface area contributed by atoms with Gasteiger partial charge < -0.3 is 4.74 Å². The van der Waals surface area contributed by atoms with E-state index in [2.05, 4.69) is 4.74 Å². The van der Waals surface area contributed by atoms with Crippen LogP contribution in [-0.2, 0) is 9.53 Å². The molecule has 0 radical (unpaired) electrons. The Morgan fingerprint density at radius 1 is 2.00 bits per heavy atom. The van der Waals surface area contributed by atoms with Gasteiger partial charge in [0.25, 0.3) is 0 Å². The number of hydrogen-bond acceptors (Lipinski definition) is 2. The first-order valence-corrected chi connectivity index (χ1v) is 3.50. The van der Waals surface area contributed by atoms with E-state index in [1.807, 2.05) is 0 Å². The molecule has 0 amide bonds. The molecule has 1 saturated carbocycles. The van der Waals surface area contributed by atoms with Gasteiger partial charge in [-0.15, -0.1) is 0 Å². The zero-order valence-corrected chi connectivity index (χ0v) is 6.32. The summed E-state index contributed by atoms with van der Waals surface area (Å²) < 4.78 is 17.0. The summed E-state index contributed by atoms with van der Waals surface area (Å²) in [6.45, 7) is 1.96. The summed E-state index contributed by atoms with van der Waals surface area (Å²) in [5.74, 6) is -1.26. The summed E-state index contributed by atoms with van der Waals surface area (Å²) >= 11 is 5.17. The van der Waals surface area contributed by atoms with Crippen LogP contribution in [0.15, 0.2) is 0 Å². The smallest absolute Gasteiger partial charge is 0.313 e. The molecular weight excluding hydrogens is 159 g/mol. The van der Waals surface area contributed by atoms with E-state index in [1.165, 1.54) is 0 Å². The maximum Gasteiger partial charge on any atom is 0.313 e. The maximum absolute atomic E-state index is 12.5. The number of carbonyl (C=O) groups excluding carboxylic acids is 1. The third-order valence-electron chi connectivity index (χ3n) is 1.40. The number of hydrogen-bond donors (Lipinski definition) is 0. The molecule has 1 fully saturated rings. The van der Waals surface area contributed by atoms with E-state index < -0.39 is 17.0 Å². The molecule has 1 aliphatic rings. The van der Waals surface area contributed by atoms with Gasteiger partial charge in [0.2, 0.25) is 0 Å². The van der Waals surface area contributed by atoms with Gasteiger partial charge in [-0.25, -0.2) is 4.39 Å². The quantitative estimate of drug-likeness (QED) is 0.459. The standard InChI is InChI=1S/C6H8ClFO2/c1-2-10-5(9)4-3-6(4,7)8/h4H,2-3H2,1H3/t4-,6?/m1/s1. The maximum atomic E-state index is 12.5. The van der Waals surface area contributed by atoms with Crippen molar-refractivity contribution in [1.29, 1.82) is 0 Å². The Balaban J connectivity index is 2.33. The minimum atomic E-state index is -1.81. The number of halogens is 2. The molecule has 0 spiro atoms. The Hall–Kier alpha value is -0.310. The monoisotopic (exact) mass is 166 g/mol. The second-order valence-corrected chi connectivity index (χ2v) is 2.90.